The molecule has 0 aromatic heterocycles. The van der Waals surface area contributed by atoms with Crippen LogP contribution in [0.2, 0.25) is 0 Å². The first-order valence-corrected chi connectivity index (χ1v) is 7.15. The standard InChI is InChI=1S/C14H21BrFNO/c1-4-13(18-5-2)12(17-3)9-10-7-6-8-11(16)14(10)15/h6-8,12-13,17H,4-5,9H2,1-3H3. The molecular weight excluding hydrogens is 297 g/mol. The Morgan fingerprint density at radius 1 is 1.39 bits per heavy atom. The summed E-state index contributed by atoms with van der Waals surface area (Å²) in [7, 11) is 1.92. The predicted molar refractivity (Wildman–Crippen MR) is 76.4 cm³/mol. The third-order valence-corrected chi connectivity index (χ3v) is 3.96. The molecule has 0 aliphatic carbocycles. The van der Waals surface area contributed by atoms with Gasteiger partial charge in [-0.25, -0.2) is 4.39 Å². The number of nitrogens with one attached hydrogen (secondary N) is 1. The van der Waals surface area contributed by atoms with Gasteiger partial charge in [0.15, 0.2) is 0 Å². The van der Waals surface area contributed by atoms with Gasteiger partial charge in [-0.05, 0) is 54.4 Å². The fraction of sp³-hybridized carbons (Fsp3) is 0.571. The van der Waals surface area contributed by atoms with Gasteiger partial charge in [-0.3, -0.25) is 0 Å². The molecule has 0 heterocycles. The molecule has 4 heteroatoms. The quantitative estimate of drug-likeness (QED) is 0.830. The van der Waals surface area contributed by atoms with Gasteiger partial charge in [-0.2, -0.15) is 0 Å². The summed E-state index contributed by atoms with van der Waals surface area (Å²) in [5, 5.41) is 3.26. The zero-order valence-corrected chi connectivity index (χ0v) is 12.8. The Hall–Kier alpha value is -0.450. The van der Waals surface area contributed by atoms with Gasteiger partial charge in [-0.15, -0.1) is 0 Å². The summed E-state index contributed by atoms with van der Waals surface area (Å²) in [6.45, 7) is 4.79. The molecule has 2 nitrogen and oxygen atoms in total. The molecule has 18 heavy (non-hydrogen) atoms. The SMILES string of the molecule is CCOC(CC)C(Cc1cccc(F)c1Br)NC. The maximum Gasteiger partial charge on any atom is 0.137 e. The van der Waals surface area contributed by atoms with Crippen molar-refractivity contribution < 1.29 is 9.13 Å². The fourth-order valence-electron chi connectivity index (χ4n) is 2.10. The topological polar surface area (TPSA) is 21.3 Å². The van der Waals surface area contributed by atoms with Crippen molar-refractivity contribution in [3.05, 3.63) is 34.1 Å². The van der Waals surface area contributed by atoms with E-state index in [0.717, 1.165) is 18.4 Å². The fourth-order valence-corrected chi connectivity index (χ4v) is 2.52. The highest BCUT2D eigenvalue weighted by molar-refractivity contribution is 9.10. The number of halogens is 2. The summed E-state index contributed by atoms with van der Waals surface area (Å²) in [6, 6.07) is 5.33. The molecule has 0 fully saturated rings. The molecule has 0 saturated heterocycles. The molecule has 0 aliphatic heterocycles. The molecule has 1 N–H and O–H groups in total. The largest absolute Gasteiger partial charge is 0.377 e. The van der Waals surface area contributed by atoms with Gasteiger partial charge in [0.2, 0.25) is 0 Å². The zero-order valence-electron chi connectivity index (χ0n) is 11.2. The number of benzene rings is 1. The predicted octanol–water partition coefficient (Wildman–Crippen LogP) is 3.53. The summed E-state index contributed by atoms with van der Waals surface area (Å²) < 4.78 is 19.7. The van der Waals surface area contributed by atoms with Gasteiger partial charge in [0.25, 0.3) is 0 Å². The van der Waals surface area contributed by atoms with Gasteiger partial charge >= 0.3 is 0 Å². The number of ether oxygens (including phenoxy) is 1. The Morgan fingerprint density at radius 2 is 2.11 bits per heavy atom. The number of hydrogen-bond donors (Lipinski definition) is 1. The Balaban J connectivity index is 2.81. The van der Waals surface area contributed by atoms with E-state index < -0.39 is 0 Å². The van der Waals surface area contributed by atoms with E-state index in [-0.39, 0.29) is 18.0 Å². The summed E-state index contributed by atoms with van der Waals surface area (Å²) in [5.41, 5.74) is 0.965. The first-order chi connectivity index (χ1) is 8.63. The van der Waals surface area contributed by atoms with Crippen molar-refractivity contribution in [2.45, 2.75) is 38.8 Å². The van der Waals surface area contributed by atoms with Crippen molar-refractivity contribution >= 4 is 15.9 Å². The lowest BCUT2D eigenvalue weighted by Crippen LogP contribution is -2.41. The molecule has 2 atom stereocenters. The van der Waals surface area contributed by atoms with Crippen LogP contribution >= 0.6 is 15.9 Å². The molecule has 1 aromatic rings. The summed E-state index contributed by atoms with van der Waals surface area (Å²) >= 11 is 3.30. The molecular formula is C14H21BrFNO. The van der Waals surface area contributed by atoms with Crippen LogP contribution in [0.3, 0.4) is 0 Å². The van der Waals surface area contributed by atoms with Crippen molar-refractivity contribution in [1.82, 2.24) is 5.32 Å². The zero-order chi connectivity index (χ0) is 13.5. The summed E-state index contributed by atoms with van der Waals surface area (Å²) in [6.07, 6.45) is 1.83. The van der Waals surface area contributed by atoms with E-state index >= 15 is 0 Å². The molecule has 1 rings (SSSR count). The lowest BCUT2D eigenvalue weighted by atomic mass is 9.99. The Kier molecular flexibility index (Phi) is 6.82. The van der Waals surface area contributed by atoms with Crippen LogP contribution in [-0.2, 0) is 11.2 Å². The van der Waals surface area contributed by atoms with Gasteiger partial charge in [0.05, 0.1) is 10.6 Å². The molecule has 0 spiro atoms. The van der Waals surface area contributed by atoms with Crippen molar-refractivity contribution in [3.63, 3.8) is 0 Å². The van der Waals surface area contributed by atoms with Crippen LogP contribution in [0.15, 0.2) is 22.7 Å². The Bertz CT molecular complexity index is 373. The van der Waals surface area contributed by atoms with Crippen molar-refractivity contribution in [3.8, 4) is 0 Å². The first-order valence-electron chi connectivity index (χ1n) is 6.35. The number of rotatable bonds is 7. The number of hydrogen-bond acceptors (Lipinski definition) is 2. The highest BCUT2D eigenvalue weighted by atomic mass is 79.9. The minimum absolute atomic E-state index is 0.148. The van der Waals surface area contributed by atoms with E-state index in [1.54, 1.807) is 6.07 Å². The van der Waals surface area contributed by atoms with Gasteiger partial charge in [-0.1, -0.05) is 19.1 Å². The molecule has 102 valence electrons. The van der Waals surface area contributed by atoms with Crippen molar-refractivity contribution in [2.75, 3.05) is 13.7 Å². The van der Waals surface area contributed by atoms with Gasteiger partial charge < -0.3 is 10.1 Å². The molecule has 0 saturated carbocycles. The maximum absolute atomic E-state index is 13.5. The van der Waals surface area contributed by atoms with Crippen LogP contribution in [0.4, 0.5) is 4.39 Å². The van der Waals surface area contributed by atoms with E-state index in [1.165, 1.54) is 6.07 Å². The van der Waals surface area contributed by atoms with Crippen LogP contribution in [0, 0.1) is 5.82 Å². The van der Waals surface area contributed by atoms with Gasteiger partial charge in [0.1, 0.15) is 5.82 Å². The molecule has 2 unspecified atom stereocenters. The molecule has 0 bridgehead atoms. The van der Waals surface area contributed by atoms with E-state index in [1.807, 2.05) is 20.0 Å². The monoisotopic (exact) mass is 317 g/mol. The van der Waals surface area contributed by atoms with E-state index in [2.05, 4.69) is 28.2 Å². The van der Waals surface area contributed by atoms with E-state index in [0.29, 0.717) is 11.1 Å². The third kappa shape index (κ3) is 4.04. The van der Waals surface area contributed by atoms with E-state index in [9.17, 15) is 4.39 Å². The lowest BCUT2D eigenvalue weighted by molar-refractivity contribution is 0.0338. The van der Waals surface area contributed by atoms with Crippen molar-refractivity contribution in [1.29, 1.82) is 0 Å². The molecule has 0 radical (unpaired) electrons. The average molecular weight is 318 g/mol. The van der Waals surface area contributed by atoms with Crippen LogP contribution in [-0.4, -0.2) is 25.8 Å². The minimum Gasteiger partial charge on any atom is -0.377 e. The maximum atomic E-state index is 13.5. The van der Waals surface area contributed by atoms with Gasteiger partial charge in [0, 0.05) is 12.6 Å². The van der Waals surface area contributed by atoms with Crippen molar-refractivity contribution in [2.24, 2.45) is 0 Å². The third-order valence-electron chi connectivity index (χ3n) is 3.07. The molecule has 0 aliphatic rings. The second-order valence-corrected chi connectivity index (χ2v) is 5.01. The van der Waals surface area contributed by atoms with E-state index in [4.69, 9.17) is 4.74 Å². The Morgan fingerprint density at radius 3 is 2.67 bits per heavy atom. The summed E-state index contributed by atoms with van der Waals surface area (Å²) in [5.74, 6) is -0.216. The minimum atomic E-state index is -0.216. The van der Waals surface area contributed by atoms with Crippen LogP contribution in [0.5, 0.6) is 0 Å². The highest BCUT2D eigenvalue weighted by Crippen LogP contribution is 2.23. The van der Waals surface area contributed by atoms with Crippen LogP contribution in [0.25, 0.3) is 0 Å². The lowest BCUT2D eigenvalue weighted by Gasteiger charge is -2.26. The first kappa shape index (κ1) is 15.6. The smallest absolute Gasteiger partial charge is 0.137 e. The highest BCUT2D eigenvalue weighted by Gasteiger charge is 2.20. The van der Waals surface area contributed by atoms with Crippen LogP contribution in [0.1, 0.15) is 25.8 Å². The number of likely N-dealkylation sites (N-methyl/N-ethyl adjacent to an activating group) is 1. The molecule has 1 aromatic carbocycles. The normalized spacial score (nSPS) is 14.5. The molecule has 0 amide bonds. The second kappa shape index (κ2) is 7.87. The summed E-state index contributed by atoms with van der Waals surface area (Å²) in [4.78, 5) is 0. The second-order valence-electron chi connectivity index (χ2n) is 4.21. The Labute approximate surface area is 117 Å². The van der Waals surface area contributed by atoms with Crippen LogP contribution < -0.4 is 5.32 Å². The average Bonchev–Trinajstić information content (AvgIpc) is 2.38.